The number of phenolic OH excluding ortho intramolecular Hbond substituents is 1. The largest absolute Gasteiger partial charge is 0.508 e. The van der Waals surface area contributed by atoms with Gasteiger partial charge >= 0.3 is 6.03 Å². The molecule has 3 aromatic rings. The minimum atomic E-state index is -0.238. The lowest BCUT2D eigenvalue weighted by molar-refractivity contribution is 0.242. The molecule has 3 rings (SSSR count). The normalized spacial score (nSPS) is 10.6. The van der Waals surface area contributed by atoms with Gasteiger partial charge in [0.15, 0.2) is 0 Å². The van der Waals surface area contributed by atoms with Gasteiger partial charge in [0.25, 0.3) is 0 Å². The topological polar surface area (TPSA) is 91.9 Å². The van der Waals surface area contributed by atoms with Gasteiger partial charge in [0.1, 0.15) is 28.7 Å². The van der Waals surface area contributed by atoms with E-state index in [4.69, 9.17) is 9.47 Å². The summed E-state index contributed by atoms with van der Waals surface area (Å²) in [6, 6.07) is 20.9. The lowest BCUT2D eigenvalue weighted by Crippen LogP contribution is -2.39. The van der Waals surface area contributed by atoms with Crippen molar-refractivity contribution in [2.24, 2.45) is 0 Å². The van der Waals surface area contributed by atoms with E-state index in [0.29, 0.717) is 29.5 Å². The number of ether oxygens (including phenoxy) is 2. The van der Waals surface area contributed by atoms with Gasteiger partial charge in [-0.05, 0) is 79.2 Å². The zero-order chi connectivity index (χ0) is 28.3. The summed E-state index contributed by atoms with van der Waals surface area (Å²) in [7, 11) is 0. The Hall–Kier alpha value is -3.87. The van der Waals surface area contributed by atoms with Gasteiger partial charge in [0, 0.05) is 6.54 Å². The summed E-state index contributed by atoms with van der Waals surface area (Å²) < 4.78 is 11.6. The van der Waals surface area contributed by atoms with E-state index in [0.717, 1.165) is 18.5 Å². The molecule has 0 heterocycles. The van der Waals surface area contributed by atoms with Crippen LogP contribution in [0, 0.1) is 0 Å². The Labute approximate surface area is 239 Å². The lowest BCUT2D eigenvalue weighted by Gasteiger charge is -2.11. The predicted octanol–water partition coefficient (Wildman–Crippen LogP) is 9.30. The number of anilines is 1. The van der Waals surface area contributed by atoms with E-state index in [9.17, 15) is 9.90 Å². The lowest BCUT2D eigenvalue weighted by atomic mass is 10.1. The Morgan fingerprint density at radius 3 is 1.48 bits per heavy atom. The van der Waals surface area contributed by atoms with Gasteiger partial charge in [-0.3, -0.25) is 10.9 Å². The Balaban J connectivity index is 1.22. The van der Waals surface area contributed by atoms with Crippen LogP contribution in [0.1, 0.15) is 84.0 Å². The molecule has 0 saturated carbocycles. The first kappa shape index (κ1) is 30.7. The van der Waals surface area contributed by atoms with Crippen molar-refractivity contribution in [3.8, 4) is 28.7 Å². The van der Waals surface area contributed by atoms with Crippen LogP contribution in [0.25, 0.3) is 0 Å². The number of unbranched alkanes of at least 4 members (excludes halogenated alkanes) is 11. The maximum absolute atomic E-state index is 12.1. The van der Waals surface area contributed by atoms with Crippen LogP contribution in [0.5, 0.6) is 28.7 Å². The van der Waals surface area contributed by atoms with Crippen LogP contribution in [0.3, 0.4) is 0 Å². The van der Waals surface area contributed by atoms with Crippen molar-refractivity contribution < 1.29 is 19.4 Å². The fraction of sp³-hybridized carbons (Fsp3) is 0.424. The molecule has 0 aliphatic rings. The summed E-state index contributed by atoms with van der Waals surface area (Å²) in [6.45, 7) is 2.94. The molecule has 0 saturated heterocycles. The van der Waals surface area contributed by atoms with Gasteiger partial charge < -0.3 is 19.9 Å². The van der Waals surface area contributed by atoms with Crippen LogP contribution >= 0.6 is 0 Å². The molecule has 7 nitrogen and oxygen atoms in total. The van der Waals surface area contributed by atoms with Crippen LogP contribution in [0.15, 0.2) is 72.8 Å². The predicted molar refractivity (Wildman–Crippen MR) is 162 cm³/mol. The molecule has 0 atom stereocenters. The SMILES string of the molecule is CCCCCCCCCCCCCCNC(=O)NNc1ccc(Oc2ccc(Oc3ccc(O)cc3)cc2)cc1. The molecular formula is C33H45N3O4. The number of rotatable bonds is 19. The van der Waals surface area contributed by atoms with Gasteiger partial charge in [0.05, 0.1) is 5.69 Å². The monoisotopic (exact) mass is 547 g/mol. The smallest absolute Gasteiger partial charge is 0.333 e. The van der Waals surface area contributed by atoms with Gasteiger partial charge in [-0.1, -0.05) is 77.6 Å². The number of nitrogens with one attached hydrogen (secondary N) is 3. The number of phenols is 1. The number of hydrogen-bond donors (Lipinski definition) is 4. The number of hydrazine groups is 1. The highest BCUT2D eigenvalue weighted by Gasteiger charge is 2.03. The summed E-state index contributed by atoms with van der Waals surface area (Å²) in [6.07, 6.45) is 15.6. The second-order valence-electron chi connectivity index (χ2n) is 10.1. The molecule has 0 aliphatic carbocycles. The van der Waals surface area contributed by atoms with Crippen molar-refractivity contribution >= 4 is 11.7 Å². The highest BCUT2D eigenvalue weighted by molar-refractivity contribution is 5.75. The maximum atomic E-state index is 12.1. The number of carbonyl (C=O) groups excluding carboxylic acids is 1. The molecule has 216 valence electrons. The van der Waals surface area contributed by atoms with Crippen LogP contribution in [0.2, 0.25) is 0 Å². The van der Waals surface area contributed by atoms with Crippen molar-refractivity contribution in [2.75, 3.05) is 12.0 Å². The Morgan fingerprint density at radius 2 is 1.00 bits per heavy atom. The van der Waals surface area contributed by atoms with E-state index in [2.05, 4.69) is 23.1 Å². The molecular weight excluding hydrogens is 502 g/mol. The molecule has 7 heteroatoms. The van der Waals surface area contributed by atoms with Gasteiger partial charge in [0.2, 0.25) is 0 Å². The molecule has 0 spiro atoms. The average molecular weight is 548 g/mol. The zero-order valence-corrected chi connectivity index (χ0v) is 23.8. The van der Waals surface area contributed by atoms with Crippen molar-refractivity contribution in [2.45, 2.75) is 84.0 Å². The number of urea groups is 1. The number of aromatic hydroxyl groups is 1. The average Bonchev–Trinajstić information content (AvgIpc) is 2.97. The summed E-state index contributed by atoms with van der Waals surface area (Å²) in [5.41, 5.74) is 6.34. The van der Waals surface area contributed by atoms with Crippen LogP contribution in [0.4, 0.5) is 10.5 Å². The van der Waals surface area contributed by atoms with E-state index < -0.39 is 0 Å². The third-order valence-corrected chi connectivity index (χ3v) is 6.62. The molecule has 40 heavy (non-hydrogen) atoms. The van der Waals surface area contributed by atoms with E-state index in [1.54, 1.807) is 24.3 Å². The molecule has 0 aromatic heterocycles. The molecule has 2 amide bonds. The minimum Gasteiger partial charge on any atom is -0.508 e. The number of amides is 2. The van der Waals surface area contributed by atoms with Crippen LogP contribution < -0.4 is 25.6 Å². The first-order valence-corrected chi connectivity index (χ1v) is 14.8. The summed E-state index contributed by atoms with van der Waals surface area (Å²) in [4.78, 5) is 12.1. The molecule has 3 aromatic carbocycles. The van der Waals surface area contributed by atoms with Gasteiger partial charge in [-0.15, -0.1) is 0 Å². The number of hydrogen-bond acceptors (Lipinski definition) is 5. The Bertz CT molecular complexity index is 1090. The van der Waals surface area contributed by atoms with Gasteiger partial charge in [-0.25, -0.2) is 4.79 Å². The van der Waals surface area contributed by atoms with E-state index in [1.165, 1.54) is 64.2 Å². The summed E-state index contributed by atoms with van der Waals surface area (Å²) in [5.74, 6) is 2.85. The maximum Gasteiger partial charge on any atom is 0.333 e. The molecule has 0 unspecified atom stereocenters. The fourth-order valence-electron chi connectivity index (χ4n) is 4.31. The highest BCUT2D eigenvalue weighted by atomic mass is 16.5. The molecule has 0 fully saturated rings. The summed E-state index contributed by atoms with van der Waals surface area (Å²) in [5, 5.41) is 12.3. The third-order valence-electron chi connectivity index (χ3n) is 6.62. The minimum absolute atomic E-state index is 0.196. The highest BCUT2D eigenvalue weighted by Crippen LogP contribution is 2.28. The fourth-order valence-corrected chi connectivity index (χ4v) is 4.31. The quantitative estimate of drug-likeness (QED) is 0.0886. The molecule has 4 N–H and O–H groups in total. The van der Waals surface area contributed by atoms with E-state index in [-0.39, 0.29) is 11.8 Å². The van der Waals surface area contributed by atoms with Crippen molar-refractivity contribution in [1.82, 2.24) is 10.7 Å². The van der Waals surface area contributed by atoms with E-state index in [1.807, 2.05) is 48.5 Å². The molecule has 0 radical (unpaired) electrons. The molecule has 0 bridgehead atoms. The van der Waals surface area contributed by atoms with Crippen LogP contribution in [-0.4, -0.2) is 17.7 Å². The van der Waals surface area contributed by atoms with E-state index >= 15 is 0 Å². The number of benzene rings is 3. The first-order valence-electron chi connectivity index (χ1n) is 14.8. The Morgan fingerprint density at radius 1 is 0.600 bits per heavy atom. The Kier molecular flexibility index (Phi) is 14.1. The van der Waals surface area contributed by atoms with Crippen molar-refractivity contribution in [3.63, 3.8) is 0 Å². The second kappa shape index (κ2) is 18.4. The first-order chi connectivity index (χ1) is 19.6. The second-order valence-corrected chi connectivity index (χ2v) is 10.1. The van der Waals surface area contributed by atoms with Crippen molar-refractivity contribution in [1.29, 1.82) is 0 Å². The molecule has 0 aliphatic heterocycles. The zero-order valence-electron chi connectivity index (χ0n) is 23.8. The van der Waals surface area contributed by atoms with Gasteiger partial charge in [-0.2, -0.15) is 0 Å². The summed E-state index contributed by atoms with van der Waals surface area (Å²) >= 11 is 0. The van der Waals surface area contributed by atoms with Crippen LogP contribution in [-0.2, 0) is 0 Å². The standard InChI is InChI=1S/C33H45N3O4/c1-2-3-4-5-6-7-8-9-10-11-12-13-26-34-33(38)36-35-27-14-18-29(19-15-27)39-31-22-24-32(25-23-31)40-30-20-16-28(37)17-21-30/h14-25,35,37H,2-13,26H2,1H3,(H2,34,36,38). The third kappa shape index (κ3) is 12.8. The number of carbonyl (C=O) groups is 1. The van der Waals surface area contributed by atoms with Crippen molar-refractivity contribution in [3.05, 3.63) is 72.8 Å².